The van der Waals surface area contributed by atoms with E-state index < -0.39 is 51.3 Å². The Labute approximate surface area is 224 Å². The fourth-order valence-electron chi connectivity index (χ4n) is 4.13. The zero-order valence-corrected chi connectivity index (χ0v) is 21.5. The van der Waals surface area contributed by atoms with Crippen LogP contribution in [0.4, 0.5) is 26.3 Å². The molecule has 0 atom stereocenters. The van der Waals surface area contributed by atoms with E-state index in [4.69, 9.17) is 0 Å². The molecule has 0 fully saturated rings. The Morgan fingerprint density at radius 3 is 1.70 bits per heavy atom. The molecule has 0 spiro atoms. The summed E-state index contributed by atoms with van der Waals surface area (Å²) in [5.41, 5.74) is -5.18. The predicted octanol–water partition coefficient (Wildman–Crippen LogP) is 5.46. The van der Waals surface area contributed by atoms with Crippen molar-refractivity contribution in [2.24, 2.45) is 0 Å². The minimum Gasteiger partial charge on any atom is -0.748 e. The van der Waals surface area contributed by atoms with Crippen LogP contribution in [0.1, 0.15) is 44.1 Å². The van der Waals surface area contributed by atoms with Gasteiger partial charge in [-0.1, -0.05) is 42.5 Å². The molecule has 0 heterocycles. The van der Waals surface area contributed by atoms with Crippen molar-refractivity contribution in [1.82, 2.24) is 0 Å². The van der Waals surface area contributed by atoms with Crippen molar-refractivity contribution in [1.29, 1.82) is 0 Å². The van der Waals surface area contributed by atoms with E-state index in [-0.39, 0.29) is 17.1 Å². The van der Waals surface area contributed by atoms with E-state index in [1.54, 1.807) is 0 Å². The molecule has 0 amide bonds. The van der Waals surface area contributed by atoms with Gasteiger partial charge in [-0.05, 0) is 59.9 Å². The number of rotatable bonds is 7. The molecule has 3 rings (SSSR count). The third-order valence-electron chi connectivity index (χ3n) is 6.16. The number of hydrogen-bond acceptors (Lipinski definition) is 7. The summed E-state index contributed by atoms with van der Waals surface area (Å²) in [7, 11) is -6.22. The third kappa shape index (κ3) is 6.17. The summed E-state index contributed by atoms with van der Waals surface area (Å²) in [6.07, 6.45) is -13.1. The second-order valence-corrected chi connectivity index (χ2v) is 10.4. The number of alkyl halides is 6. The molecule has 0 aromatic heterocycles. The van der Waals surface area contributed by atoms with E-state index in [0.717, 1.165) is 12.1 Å². The molecule has 0 aliphatic heterocycles. The van der Waals surface area contributed by atoms with E-state index >= 15 is 0 Å². The summed E-state index contributed by atoms with van der Waals surface area (Å²) in [4.78, 5) is 13.1. The van der Waals surface area contributed by atoms with Gasteiger partial charge in [0.1, 0.15) is 11.5 Å². The van der Waals surface area contributed by atoms with Gasteiger partial charge in [-0.25, -0.2) is 13.2 Å². The molecule has 0 unspecified atom stereocenters. The molecule has 0 aliphatic carbocycles. The van der Waals surface area contributed by atoms with Crippen LogP contribution in [0.2, 0.25) is 0 Å². The highest BCUT2D eigenvalue weighted by Crippen LogP contribution is 2.47. The molecule has 0 aliphatic rings. The number of aromatic hydroxyl groups is 2. The van der Waals surface area contributed by atoms with Crippen LogP contribution in [-0.2, 0) is 14.9 Å². The van der Waals surface area contributed by atoms with Crippen LogP contribution in [0.3, 0.4) is 0 Å². The SMILES string of the molecule is Cc1cc(C(c2ccc(O)c(C)c2)c2ccccc2C(=O)OC(CS(=O)(=O)[O-])(C(F)(F)F)C(F)(F)F)ccc1O. The lowest BCUT2D eigenvalue weighted by Crippen LogP contribution is -2.63. The lowest BCUT2D eigenvalue weighted by atomic mass is 9.81. The highest BCUT2D eigenvalue weighted by molar-refractivity contribution is 7.85. The number of aryl methyl sites for hydroxylation is 2. The Kier molecular flexibility index (Phi) is 8.19. The lowest BCUT2D eigenvalue weighted by molar-refractivity contribution is -0.356. The maximum Gasteiger partial charge on any atom is 0.438 e. The maximum atomic E-state index is 13.8. The smallest absolute Gasteiger partial charge is 0.438 e. The molecule has 3 aromatic carbocycles. The van der Waals surface area contributed by atoms with Crippen molar-refractivity contribution in [2.75, 3.05) is 5.75 Å². The van der Waals surface area contributed by atoms with Gasteiger partial charge in [-0.2, -0.15) is 26.3 Å². The van der Waals surface area contributed by atoms with Gasteiger partial charge in [-0.3, -0.25) is 0 Å². The molecular formula is C26H21F6O7S-. The molecule has 7 nitrogen and oxygen atoms in total. The van der Waals surface area contributed by atoms with Gasteiger partial charge >= 0.3 is 23.9 Å². The molecule has 0 saturated heterocycles. The standard InChI is InChI=1S/C26H22F6O7S/c1-14-11-16(7-9-20(14)33)22(17-8-10-21(34)15(2)12-17)18-5-3-4-6-19(18)23(35)39-24(25(27,28)29,26(30,31)32)13-40(36,37)38/h3-12,22,33-34H,13H2,1-2H3,(H,36,37,38)/p-1. The Hall–Kier alpha value is -3.78. The number of hydrogen-bond donors (Lipinski definition) is 2. The molecular weight excluding hydrogens is 570 g/mol. The van der Waals surface area contributed by atoms with Crippen LogP contribution >= 0.6 is 0 Å². The number of phenols is 2. The Morgan fingerprint density at radius 2 is 1.30 bits per heavy atom. The third-order valence-corrected chi connectivity index (χ3v) is 6.92. The van der Waals surface area contributed by atoms with E-state index in [0.29, 0.717) is 22.3 Å². The van der Waals surface area contributed by atoms with Crippen molar-refractivity contribution in [2.45, 2.75) is 37.7 Å². The van der Waals surface area contributed by atoms with E-state index in [2.05, 4.69) is 4.74 Å². The fourth-order valence-corrected chi connectivity index (χ4v) is 5.02. The number of carbonyl (C=O) groups excluding carboxylic acids is 1. The van der Waals surface area contributed by atoms with Gasteiger partial charge in [0.25, 0.3) is 0 Å². The lowest BCUT2D eigenvalue weighted by Gasteiger charge is -2.37. The minimum absolute atomic E-state index is 0.115. The van der Waals surface area contributed by atoms with E-state index in [1.165, 1.54) is 62.4 Å². The average Bonchev–Trinajstić information content (AvgIpc) is 2.81. The first-order chi connectivity index (χ1) is 18.3. The minimum atomic E-state index is -6.53. The van der Waals surface area contributed by atoms with E-state index in [1.807, 2.05) is 0 Å². The number of carbonyl (C=O) groups is 1. The monoisotopic (exact) mass is 591 g/mol. The molecule has 0 bridgehead atoms. The van der Waals surface area contributed by atoms with Crippen LogP contribution in [0.15, 0.2) is 60.7 Å². The summed E-state index contributed by atoms with van der Waals surface area (Å²) in [6, 6.07) is 13.0. The van der Waals surface area contributed by atoms with Gasteiger partial charge in [0.15, 0.2) is 0 Å². The topological polar surface area (TPSA) is 124 Å². The van der Waals surface area contributed by atoms with Crippen LogP contribution < -0.4 is 0 Å². The molecule has 216 valence electrons. The molecule has 0 radical (unpaired) electrons. The van der Waals surface area contributed by atoms with Crippen molar-refractivity contribution in [3.63, 3.8) is 0 Å². The summed E-state index contributed by atoms with van der Waals surface area (Å²) in [5.74, 6) is -6.60. The molecule has 40 heavy (non-hydrogen) atoms. The first kappa shape index (κ1) is 30.8. The number of esters is 1. The van der Waals surface area contributed by atoms with Gasteiger partial charge in [0.2, 0.25) is 0 Å². The van der Waals surface area contributed by atoms with Crippen LogP contribution in [0.5, 0.6) is 11.5 Å². The molecule has 2 N–H and O–H groups in total. The first-order valence-electron chi connectivity index (χ1n) is 11.3. The van der Waals surface area contributed by atoms with Crippen LogP contribution in [-0.4, -0.2) is 52.9 Å². The number of phenolic OH excluding ortho intramolecular Hbond substituents is 2. The largest absolute Gasteiger partial charge is 0.748 e. The predicted molar refractivity (Wildman–Crippen MR) is 128 cm³/mol. The van der Waals surface area contributed by atoms with Crippen LogP contribution in [0, 0.1) is 13.8 Å². The van der Waals surface area contributed by atoms with Crippen molar-refractivity contribution in [3.05, 3.63) is 94.0 Å². The van der Waals surface area contributed by atoms with Crippen molar-refractivity contribution >= 4 is 16.1 Å². The summed E-state index contributed by atoms with van der Waals surface area (Å²) in [6.45, 7) is 3.06. The Bertz CT molecular complexity index is 1470. The second kappa shape index (κ2) is 10.7. The summed E-state index contributed by atoms with van der Waals surface area (Å²) < 4.78 is 120. The zero-order chi connectivity index (χ0) is 30.3. The summed E-state index contributed by atoms with van der Waals surface area (Å²) >= 11 is 0. The van der Waals surface area contributed by atoms with Crippen LogP contribution in [0.25, 0.3) is 0 Å². The van der Waals surface area contributed by atoms with Gasteiger partial charge < -0.3 is 19.5 Å². The average molecular weight is 592 g/mol. The zero-order valence-electron chi connectivity index (χ0n) is 20.7. The number of benzene rings is 3. The number of ether oxygens (including phenoxy) is 1. The van der Waals surface area contributed by atoms with Crippen molar-refractivity contribution in [3.8, 4) is 11.5 Å². The second-order valence-electron chi connectivity index (χ2n) is 9.03. The van der Waals surface area contributed by atoms with E-state index in [9.17, 15) is 54.3 Å². The maximum absolute atomic E-state index is 13.8. The normalized spacial score (nSPS) is 12.9. The first-order valence-corrected chi connectivity index (χ1v) is 12.8. The molecule has 14 heteroatoms. The van der Waals surface area contributed by atoms with Crippen molar-refractivity contribution < 1.29 is 59.1 Å². The number of halogens is 6. The Balaban J connectivity index is 2.27. The van der Waals surface area contributed by atoms with Gasteiger partial charge in [0, 0.05) is 5.92 Å². The van der Waals surface area contributed by atoms with Gasteiger partial charge in [-0.15, -0.1) is 0 Å². The fraction of sp³-hybridized carbons (Fsp3) is 0.269. The molecule has 3 aromatic rings. The Morgan fingerprint density at radius 1 is 0.850 bits per heavy atom. The highest BCUT2D eigenvalue weighted by Gasteiger charge is 2.75. The molecule has 0 saturated carbocycles. The highest BCUT2D eigenvalue weighted by atomic mass is 32.2. The summed E-state index contributed by atoms with van der Waals surface area (Å²) in [5, 5.41) is 19.9. The quantitative estimate of drug-likeness (QED) is 0.162. The van der Waals surface area contributed by atoms with Gasteiger partial charge in [0.05, 0.1) is 21.4 Å².